The van der Waals surface area contributed by atoms with Crippen molar-refractivity contribution in [3.8, 4) is 5.75 Å². The molecule has 0 bridgehead atoms. The number of rotatable bonds is 6. The van der Waals surface area contributed by atoms with Gasteiger partial charge in [0.15, 0.2) is 0 Å². The van der Waals surface area contributed by atoms with Gasteiger partial charge in [-0.05, 0) is 18.1 Å². The van der Waals surface area contributed by atoms with Crippen molar-refractivity contribution in [1.29, 1.82) is 0 Å². The third-order valence-electron chi connectivity index (χ3n) is 3.15. The van der Waals surface area contributed by atoms with E-state index in [1.54, 1.807) is 0 Å². The molecule has 1 aromatic carbocycles. The van der Waals surface area contributed by atoms with Crippen LogP contribution in [0.4, 0.5) is 5.69 Å². The van der Waals surface area contributed by atoms with Crippen LogP contribution in [0.2, 0.25) is 0 Å². The second-order valence-corrected chi connectivity index (χ2v) is 5.65. The SMILES string of the molecule is CC(C)COc1ccccc1NC(=O)CC1CNCCO1. The van der Waals surface area contributed by atoms with E-state index in [2.05, 4.69) is 24.5 Å². The molecule has 0 saturated carbocycles. The van der Waals surface area contributed by atoms with Crippen molar-refractivity contribution < 1.29 is 14.3 Å². The van der Waals surface area contributed by atoms with Crippen molar-refractivity contribution in [2.24, 2.45) is 5.92 Å². The number of hydrogen-bond acceptors (Lipinski definition) is 4. The molecule has 1 aromatic rings. The average molecular weight is 292 g/mol. The summed E-state index contributed by atoms with van der Waals surface area (Å²) < 4.78 is 11.3. The fourth-order valence-corrected chi connectivity index (χ4v) is 2.11. The van der Waals surface area contributed by atoms with E-state index in [0.717, 1.165) is 13.1 Å². The van der Waals surface area contributed by atoms with Gasteiger partial charge < -0.3 is 20.1 Å². The Morgan fingerprint density at radius 3 is 3.00 bits per heavy atom. The zero-order chi connectivity index (χ0) is 15.1. The molecule has 0 spiro atoms. The summed E-state index contributed by atoms with van der Waals surface area (Å²) in [6, 6.07) is 7.51. The van der Waals surface area contributed by atoms with E-state index in [4.69, 9.17) is 9.47 Å². The number of carbonyl (C=O) groups is 1. The fraction of sp³-hybridized carbons (Fsp3) is 0.562. The molecule has 1 atom stereocenters. The molecule has 1 unspecified atom stereocenters. The van der Waals surface area contributed by atoms with Gasteiger partial charge in [-0.15, -0.1) is 0 Å². The summed E-state index contributed by atoms with van der Waals surface area (Å²) in [5.74, 6) is 1.10. The maximum Gasteiger partial charge on any atom is 0.227 e. The molecule has 1 amide bonds. The van der Waals surface area contributed by atoms with E-state index in [0.29, 0.717) is 37.0 Å². The van der Waals surface area contributed by atoms with Crippen LogP contribution in [0.5, 0.6) is 5.75 Å². The second kappa shape index (κ2) is 8.00. The number of benzene rings is 1. The first-order valence-corrected chi connectivity index (χ1v) is 7.49. The summed E-state index contributed by atoms with van der Waals surface area (Å²) in [7, 11) is 0. The molecule has 1 heterocycles. The van der Waals surface area contributed by atoms with E-state index in [1.165, 1.54) is 0 Å². The van der Waals surface area contributed by atoms with Gasteiger partial charge in [0, 0.05) is 13.1 Å². The molecule has 1 aliphatic rings. The van der Waals surface area contributed by atoms with Crippen LogP contribution < -0.4 is 15.4 Å². The number of anilines is 1. The summed E-state index contributed by atoms with van der Waals surface area (Å²) in [6.45, 7) is 7.04. The third kappa shape index (κ3) is 5.36. The number of para-hydroxylation sites is 2. The van der Waals surface area contributed by atoms with Gasteiger partial charge in [0.25, 0.3) is 0 Å². The highest BCUT2D eigenvalue weighted by Crippen LogP contribution is 2.24. The van der Waals surface area contributed by atoms with Crippen LogP contribution in [-0.4, -0.2) is 38.3 Å². The van der Waals surface area contributed by atoms with Crippen molar-refractivity contribution in [2.75, 3.05) is 31.6 Å². The maximum atomic E-state index is 12.1. The third-order valence-corrected chi connectivity index (χ3v) is 3.15. The van der Waals surface area contributed by atoms with Crippen molar-refractivity contribution in [3.05, 3.63) is 24.3 Å². The van der Waals surface area contributed by atoms with E-state index in [9.17, 15) is 4.79 Å². The molecule has 5 nitrogen and oxygen atoms in total. The van der Waals surface area contributed by atoms with Gasteiger partial charge in [0.2, 0.25) is 5.91 Å². The molecule has 21 heavy (non-hydrogen) atoms. The zero-order valence-electron chi connectivity index (χ0n) is 12.7. The Bertz CT molecular complexity index is 457. The molecule has 2 rings (SSSR count). The lowest BCUT2D eigenvalue weighted by atomic mass is 10.2. The maximum absolute atomic E-state index is 12.1. The minimum atomic E-state index is -0.0532. The van der Waals surface area contributed by atoms with Gasteiger partial charge in [0.05, 0.1) is 31.4 Å². The minimum absolute atomic E-state index is 0.0516. The molecule has 1 fully saturated rings. The fourth-order valence-electron chi connectivity index (χ4n) is 2.11. The molecular weight excluding hydrogens is 268 g/mol. The lowest BCUT2D eigenvalue weighted by Crippen LogP contribution is -2.40. The first-order chi connectivity index (χ1) is 10.1. The van der Waals surface area contributed by atoms with Crippen LogP contribution in [0.1, 0.15) is 20.3 Å². The molecule has 0 radical (unpaired) electrons. The number of amides is 1. The summed E-state index contributed by atoms with van der Waals surface area (Å²) in [6.07, 6.45) is 0.299. The summed E-state index contributed by atoms with van der Waals surface area (Å²) in [4.78, 5) is 12.1. The van der Waals surface area contributed by atoms with Crippen LogP contribution in [0.3, 0.4) is 0 Å². The highest BCUT2D eigenvalue weighted by Gasteiger charge is 2.18. The summed E-state index contributed by atoms with van der Waals surface area (Å²) >= 11 is 0. The molecule has 1 saturated heterocycles. The van der Waals surface area contributed by atoms with Crippen LogP contribution in [0.25, 0.3) is 0 Å². The van der Waals surface area contributed by atoms with Gasteiger partial charge in [-0.2, -0.15) is 0 Å². The lowest BCUT2D eigenvalue weighted by molar-refractivity contribution is -0.119. The predicted molar refractivity (Wildman–Crippen MR) is 82.6 cm³/mol. The number of nitrogens with one attached hydrogen (secondary N) is 2. The number of hydrogen-bond donors (Lipinski definition) is 2. The Hall–Kier alpha value is -1.59. The largest absolute Gasteiger partial charge is 0.491 e. The monoisotopic (exact) mass is 292 g/mol. The zero-order valence-corrected chi connectivity index (χ0v) is 12.7. The summed E-state index contributed by atoms with van der Waals surface area (Å²) in [5.41, 5.74) is 0.715. The van der Waals surface area contributed by atoms with Crippen molar-refractivity contribution in [2.45, 2.75) is 26.4 Å². The highest BCUT2D eigenvalue weighted by atomic mass is 16.5. The first-order valence-electron chi connectivity index (χ1n) is 7.49. The average Bonchev–Trinajstić information content (AvgIpc) is 2.47. The summed E-state index contributed by atoms with van der Waals surface area (Å²) in [5, 5.41) is 6.13. The van der Waals surface area contributed by atoms with E-state index in [1.807, 2.05) is 24.3 Å². The number of morpholine rings is 1. The molecule has 0 aromatic heterocycles. The van der Waals surface area contributed by atoms with Crippen LogP contribution >= 0.6 is 0 Å². The van der Waals surface area contributed by atoms with Gasteiger partial charge in [0.1, 0.15) is 5.75 Å². The Labute approximate surface area is 126 Å². The van der Waals surface area contributed by atoms with Crippen LogP contribution in [0, 0.1) is 5.92 Å². The molecule has 0 aliphatic carbocycles. The predicted octanol–water partition coefficient (Wildman–Crippen LogP) is 2.04. The van der Waals surface area contributed by atoms with E-state index < -0.39 is 0 Å². The van der Waals surface area contributed by atoms with Crippen molar-refractivity contribution in [1.82, 2.24) is 5.32 Å². The van der Waals surface area contributed by atoms with Gasteiger partial charge in [-0.1, -0.05) is 26.0 Å². The Morgan fingerprint density at radius 1 is 1.48 bits per heavy atom. The lowest BCUT2D eigenvalue weighted by Gasteiger charge is -2.23. The smallest absolute Gasteiger partial charge is 0.227 e. The Balaban J connectivity index is 1.90. The van der Waals surface area contributed by atoms with Crippen molar-refractivity contribution in [3.63, 3.8) is 0 Å². The Kier molecular flexibility index (Phi) is 6.02. The Morgan fingerprint density at radius 2 is 2.29 bits per heavy atom. The van der Waals surface area contributed by atoms with Crippen LogP contribution in [-0.2, 0) is 9.53 Å². The normalized spacial score (nSPS) is 18.5. The van der Waals surface area contributed by atoms with Crippen LogP contribution in [0.15, 0.2) is 24.3 Å². The topological polar surface area (TPSA) is 59.6 Å². The molecule has 2 N–H and O–H groups in total. The minimum Gasteiger partial charge on any atom is -0.491 e. The number of carbonyl (C=O) groups excluding carboxylic acids is 1. The number of ether oxygens (including phenoxy) is 2. The van der Waals surface area contributed by atoms with Gasteiger partial charge >= 0.3 is 0 Å². The highest BCUT2D eigenvalue weighted by molar-refractivity contribution is 5.92. The molecular formula is C16H24N2O3. The standard InChI is InChI=1S/C16H24N2O3/c1-12(2)11-21-15-6-4-3-5-14(15)18-16(19)9-13-10-17-7-8-20-13/h3-6,12-13,17H,7-11H2,1-2H3,(H,18,19). The molecule has 5 heteroatoms. The van der Waals surface area contributed by atoms with E-state index >= 15 is 0 Å². The molecule has 116 valence electrons. The first kappa shape index (κ1) is 15.8. The van der Waals surface area contributed by atoms with Gasteiger partial charge in [-0.25, -0.2) is 0 Å². The quantitative estimate of drug-likeness (QED) is 0.842. The van der Waals surface area contributed by atoms with Crippen molar-refractivity contribution >= 4 is 11.6 Å². The van der Waals surface area contributed by atoms with E-state index in [-0.39, 0.29) is 12.0 Å². The van der Waals surface area contributed by atoms with Gasteiger partial charge in [-0.3, -0.25) is 4.79 Å². The second-order valence-electron chi connectivity index (χ2n) is 5.65. The molecule has 1 aliphatic heterocycles.